The molecule has 1 fully saturated rings. The molecule has 10 heteroatoms. The number of nitrogens with zero attached hydrogens (tertiary/aromatic N) is 3. The fourth-order valence-corrected chi connectivity index (χ4v) is 7.44. The normalized spacial score (nSPS) is 23.0. The lowest BCUT2D eigenvalue weighted by Gasteiger charge is -2.52. The molecule has 218 valence electrons. The van der Waals surface area contributed by atoms with E-state index in [0.29, 0.717) is 16.3 Å². The van der Waals surface area contributed by atoms with Crippen molar-refractivity contribution in [3.8, 4) is 0 Å². The van der Waals surface area contributed by atoms with Crippen LogP contribution in [-0.4, -0.2) is 28.9 Å². The van der Waals surface area contributed by atoms with E-state index in [1.807, 2.05) is 55.5 Å². The highest BCUT2D eigenvalue weighted by molar-refractivity contribution is 6.31. The third kappa shape index (κ3) is 4.00. The molecule has 2 bridgehead atoms. The van der Waals surface area contributed by atoms with E-state index >= 15 is 0 Å². The van der Waals surface area contributed by atoms with Crippen molar-refractivity contribution in [2.24, 2.45) is 16.9 Å². The Morgan fingerprint density at radius 3 is 2.25 bits per heavy atom. The fraction of sp³-hybridized carbons (Fsp3) is 0.176. The Hall–Kier alpha value is -5.15. The molecule has 1 N–H and O–H groups in total. The summed E-state index contributed by atoms with van der Waals surface area (Å²) in [6.07, 6.45) is 1.55. The molecule has 3 aliphatic carbocycles. The zero-order valence-electron chi connectivity index (χ0n) is 23.4. The van der Waals surface area contributed by atoms with Gasteiger partial charge in [0.25, 0.3) is 5.69 Å². The second kappa shape index (κ2) is 10.2. The summed E-state index contributed by atoms with van der Waals surface area (Å²) in [5.41, 5.74) is 6.80. The van der Waals surface area contributed by atoms with Crippen molar-refractivity contribution in [3.05, 3.63) is 140 Å². The molecule has 1 saturated heterocycles. The van der Waals surface area contributed by atoms with Crippen LogP contribution >= 0.6 is 11.6 Å². The number of hydrogen-bond donors (Lipinski definition) is 1. The summed E-state index contributed by atoms with van der Waals surface area (Å²) in [6, 6.07) is 26.5. The number of non-ortho nitro benzene ring substituents is 1. The van der Waals surface area contributed by atoms with Gasteiger partial charge >= 0.3 is 0 Å². The van der Waals surface area contributed by atoms with Crippen molar-refractivity contribution in [2.75, 3.05) is 4.90 Å². The van der Waals surface area contributed by atoms with Gasteiger partial charge in [-0.25, -0.2) is 10.3 Å². The van der Waals surface area contributed by atoms with Crippen LogP contribution in [0.5, 0.6) is 0 Å². The van der Waals surface area contributed by atoms with Crippen LogP contribution in [0.3, 0.4) is 0 Å². The Labute approximate surface area is 257 Å². The highest BCUT2D eigenvalue weighted by Gasteiger charge is 2.68. The summed E-state index contributed by atoms with van der Waals surface area (Å²) < 4.78 is 0. The van der Waals surface area contributed by atoms with Crippen molar-refractivity contribution >= 4 is 46.9 Å². The standard InChI is InChI=1S/C34H25ClN4O5/c1-19-10-13-21(35)17-27(19)38-32(41)30-29-23-6-2-4-8-25(23)34(31(30)33(38)42,26-9-5-3-7-24(26)29)18-36-37-28(40)16-20-11-14-22(15-12-20)39(43)44/h2-15,17-18,29-31H,16H2,1H3,(H,37,40)/b36-18-/t29?,30-,31+,34?/m1/s1. The van der Waals surface area contributed by atoms with Crippen molar-refractivity contribution in [3.63, 3.8) is 0 Å². The molecule has 0 radical (unpaired) electrons. The SMILES string of the molecule is Cc1ccc(Cl)cc1N1C(=O)[C@@H]2C3c4ccccc4C(/C=N\NC(=O)Cc4ccc([N+](=O)[O-])cc4)(c4ccccc43)[C@@H]2C1=O. The number of imide groups is 1. The molecular formula is C34H25ClN4O5. The van der Waals surface area contributed by atoms with Gasteiger partial charge < -0.3 is 0 Å². The summed E-state index contributed by atoms with van der Waals surface area (Å²) in [4.78, 5) is 53.5. The quantitative estimate of drug-likeness (QED) is 0.136. The highest BCUT2D eigenvalue weighted by Crippen LogP contribution is 2.63. The average Bonchev–Trinajstić information content (AvgIpc) is 3.29. The molecule has 0 saturated carbocycles. The molecule has 0 spiro atoms. The first-order valence-corrected chi connectivity index (χ1v) is 14.5. The van der Waals surface area contributed by atoms with Crippen LogP contribution in [0.2, 0.25) is 5.02 Å². The van der Waals surface area contributed by atoms with Gasteiger partial charge in [-0.15, -0.1) is 0 Å². The lowest BCUT2D eigenvalue weighted by atomic mass is 9.47. The molecule has 0 aromatic heterocycles. The predicted octanol–water partition coefficient (Wildman–Crippen LogP) is 5.45. The zero-order chi connectivity index (χ0) is 30.7. The summed E-state index contributed by atoms with van der Waals surface area (Å²) in [5, 5.41) is 15.8. The fourth-order valence-electron chi connectivity index (χ4n) is 7.28. The van der Waals surface area contributed by atoms with E-state index in [0.717, 1.165) is 27.8 Å². The van der Waals surface area contributed by atoms with Crippen molar-refractivity contribution in [1.29, 1.82) is 0 Å². The van der Waals surface area contributed by atoms with Crippen LogP contribution < -0.4 is 10.3 Å². The maximum Gasteiger partial charge on any atom is 0.269 e. The molecule has 1 heterocycles. The molecule has 4 aromatic rings. The van der Waals surface area contributed by atoms with Crippen molar-refractivity contribution in [2.45, 2.75) is 24.7 Å². The summed E-state index contributed by atoms with van der Waals surface area (Å²) in [7, 11) is 0. The van der Waals surface area contributed by atoms with Crippen LogP contribution in [0.25, 0.3) is 0 Å². The Morgan fingerprint density at radius 2 is 1.61 bits per heavy atom. The largest absolute Gasteiger partial charge is 0.274 e. The number of nitro benzene ring substituents is 1. The number of hydrogen-bond acceptors (Lipinski definition) is 6. The number of rotatable bonds is 6. The minimum absolute atomic E-state index is 0.0527. The third-order valence-electron chi connectivity index (χ3n) is 9.07. The van der Waals surface area contributed by atoms with Gasteiger partial charge in [-0.3, -0.25) is 24.5 Å². The number of hydrazone groups is 1. The van der Waals surface area contributed by atoms with E-state index in [1.165, 1.54) is 29.2 Å². The Kier molecular flexibility index (Phi) is 6.44. The maximum atomic E-state index is 14.5. The van der Waals surface area contributed by atoms with Crippen molar-refractivity contribution < 1.29 is 19.3 Å². The number of aryl methyl sites for hydroxylation is 1. The number of carbonyl (C=O) groups excluding carboxylic acids is 3. The number of carbonyl (C=O) groups is 3. The lowest BCUT2D eigenvalue weighted by molar-refractivity contribution is -0.384. The molecule has 1 aliphatic heterocycles. The molecule has 8 rings (SSSR count). The molecule has 3 amide bonds. The van der Waals surface area contributed by atoms with Crippen LogP contribution in [0.4, 0.5) is 11.4 Å². The van der Waals surface area contributed by atoms with Gasteiger partial charge in [0.2, 0.25) is 17.7 Å². The van der Waals surface area contributed by atoms with Crippen LogP contribution in [-0.2, 0) is 26.2 Å². The average molecular weight is 605 g/mol. The van der Waals surface area contributed by atoms with Gasteiger partial charge in [0.1, 0.15) is 0 Å². The van der Waals surface area contributed by atoms with E-state index in [9.17, 15) is 24.5 Å². The minimum atomic E-state index is -1.14. The third-order valence-corrected chi connectivity index (χ3v) is 9.30. The molecule has 4 aromatic carbocycles. The summed E-state index contributed by atoms with van der Waals surface area (Å²) in [6.45, 7) is 1.84. The van der Waals surface area contributed by atoms with E-state index in [1.54, 1.807) is 24.4 Å². The Bertz CT molecular complexity index is 1870. The van der Waals surface area contributed by atoms with E-state index in [2.05, 4.69) is 10.5 Å². The second-order valence-electron chi connectivity index (χ2n) is 11.4. The van der Waals surface area contributed by atoms with Crippen LogP contribution in [0.15, 0.2) is 96.1 Å². The number of nitrogens with one attached hydrogen (secondary N) is 1. The predicted molar refractivity (Wildman–Crippen MR) is 165 cm³/mol. The molecule has 9 nitrogen and oxygen atoms in total. The Morgan fingerprint density at radius 1 is 0.977 bits per heavy atom. The molecule has 44 heavy (non-hydrogen) atoms. The molecular weight excluding hydrogens is 580 g/mol. The smallest absolute Gasteiger partial charge is 0.269 e. The van der Waals surface area contributed by atoms with Gasteiger partial charge in [0, 0.05) is 29.3 Å². The first-order chi connectivity index (χ1) is 21.2. The summed E-state index contributed by atoms with van der Waals surface area (Å²) >= 11 is 6.32. The molecule has 4 aliphatic rings. The van der Waals surface area contributed by atoms with Gasteiger partial charge in [-0.2, -0.15) is 5.10 Å². The molecule has 0 unspecified atom stereocenters. The van der Waals surface area contributed by atoms with Gasteiger partial charge in [0.15, 0.2) is 0 Å². The van der Waals surface area contributed by atoms with Gasteiger partial charge in [-0.05, 0) is 52.4 Å². The first kappa shape index (κ1) is 27.7. The number of anilines is 1. The topological polar surface area (TPSA) is 122 Å². The van der Waals surface area contributed by atoms with Crippen LogP contribution in [0, 0.1) is 28.9 Å². The Balaban J connectivity index is 1.32. The van der Waals surface area contributed by atoms with E-state index in [-0.39, 0.29) is 29.8 Å². The van der Waals surface area contributed by atoms with E-state index < -0.39 is 28.1 Å². The molecule has 2 atom stereocenters. The second-order valence-corrected chi connectivity index (χ2v) is 11.8. The van der Waals surface area contributed by atoms with Crippen LogP contribution in [0.1, 0.15) is 39.3 Å². The van der Waals surface area contributed by atoms with E-state index in [4.69, 9.17) is 11.6 Å². The maximum absolute atomic E-state index is 14.5. The minimum Gasteiger partial charge on any atom is -0.274 e. The monoisotopic (exact) mass is 604 g/mol. The van der Waals surface area contributed by atoms with Gasteiger partial charge in [0.05, 0.1) is 34.3 Å². The number of nitro groups is 1. The van der Waals surface area contributed by atoms with Crippen molar-refractivity contribution in [1.82, 2.24) is 5.43 Å². The highest BCUT2D eigenvalue weighted by atomic mass is 35.5. The van der Waals surface area contributed by atoms with Gasteiger partial charge in [-0.1, -0.05) is 78.3 Å². The number of halogens is 1. The number of amides is 3. The lowest BCUT2D eigenvalue weighted by Crippen LogP contribution is -2.54. The summed E-state index contributed by atoms with van der Waals surface area (Å²) in [5.74, 6) is -2.90. The zero-order valence-corrected chi connectivity index (χ0v) is 24.2. The first-order valence-electron chi connectivity index (χ1n) is 14.1. The number of benzene rings is 4.